The van der Waals surface area contributed by atoms with Crippen molar-refractivity contribution in [1.29, 1.82) is 0 Å². The number of carbonyl (C=O) groups excluding carboxylic acids is 2. The van der Waals surface area contributed by atoms with Crippen molar-refractivity contribution < 1.29 is 14.3 Å². The average Bonchev–Trinajstić information content (AvgIpc) is 3.05. The van der Waals surface area contributed by atoms with Crippen molar-refractivity contribution in [3.05, 3.63) is 0 Å². The summed E-state index contributed by atoms with van der Waals surface area (Å²) >= 11 is 1.61. The molecule has 0 radical (unpaired) electrons. The molecule has 0 aromatic rings. The highest BCUT2D eigenvalue weighted by atomic mass is 32.2. The second-order valence-electron chi connectivity index (χ2n) is 4.32. The maximum atomic E-state index is 11.3. The van der Waals surface area contributed by atoms with E-state index in [9.17, 15) is 9.59 Å². The minimum atomic E-state index is -0.148. The van der Waals surface area contributed by atoms with E-state index in [0.717, 1.165) is 18.6 Å². The summed E-state index contributed by atoms with van der Waals surface area (Å²) in [5, 5.41) is 2.57. The number of rotatable bonds is 6. The lowest BCUT2D eigenvalue weighted by molar-refractivity contribution is -0.141. The van der Waals surface area contributed by atoms with Crippen molar-refractivity contribution >= 4 is 23.6 Å². The number of thioether (sulfide) groups is 1. The number of esters is 1. The maximum absolute atomic E-state index is 11.3. The molecule has 1 N–H and O–H groups in total. The van der Waals surface area contributed by atoms with Crippen molar-refractivity contribution in [2.45, 2.75) is 31.4 Å². The van der Waals surface area contributed by atoms with E-state index >= 15 is 0 Å². The number of methoxy groups -OCH3 is 1. The van der Waals surface area contributed by atoms with Crippen LogP contribution in [0.25, 0.3) is 0 Å². The van der Waals surface area contributed by atoms with Crippen LogP contribution in [0.4, 0.5) is 0 Å². The first-order valence-corrected chi connectivity index (χ1v) is 6.48. The molecule has 0 spiro atoms. The number of amides is 1. The van der Waals surface area contributed by atoms with Crippen molar-refractivity contribution in [2.24, 2.45) is 5.41 Å². The van der Waals surface area contributed by atoms with Crippen molar-refractivity contribution in [2.75, 3.05) is 19.9 Å². The van der Waals surface area contributed by atoms with Crippen LogP contribution in [0.2, 0.25) is 0 Å². The van der Waals surface area contributed by atoms with Gasteiger partial charge in [0.05, 0.1) is 18.8 Å². The summed E-state index contributed by atoms with van der Waals surface area (Å²) in [4.78, 5) is 22.5. The van der Waals surface area contributed by atoms with E-state index in [-0.39, 0.29) is 22.5 Å². The monoisotopic (exact) mass is 245 g/mol. The molecule has 0 aromatic heterocycles. The third kappa shape index (κ3) is 3.70. The number of nitrogens with one attached hydrogen (secondary N) is 1. The summed E-state index contributed by atoms with van der Waals surface area (Å²) in [6, 6.07) is 0. The molecular weight excluding hydrogens is 226 g/mol. The lowest BCUT2D eigenvalue weighted by atomic mass is 10.1. The molecular formula is C11H19NO3S. The molecule has 1 fully saturated rings. The number of hydrogen-bond donors (Lipinski definition) is 1. The first kappa shape index (κ1) is 13.4. The lowest BCUT2D eigenvalue weighted by Gasteiger charge is -2.16. The van der Waals surface area contributed by atoms with Crippen LogP contribution in [0, 0.1) is 5.41 Å². The quantitative estimate of drug-likeness (QED) is 0.714. The molecule has 1 rings (SSSR count). The molecule has 0 aromatic carbocycles. The zero-order valence-electron chi connectivity index (χ0n) is 10.0. The fourth-order valence-electron chi connectivity index (χ4n) is 1.51. The van der Waals surface area contributed by atoms with Crippen LogP contribution in [0.15, 0.2) is 0 Å². The third-order valence-electron chi connectivity index (χ3n) is 2.96. The molecule has 1 amide bonds. The fraction of sp³-hybridized carbons (Fsp3) is 0.818. The van der Waals surface area contributed by atoms with Gasteiger partial charge in [-0.1, -0.05) is 0 Å². The van der Waals surface area contributed by atoms with Gasteiger partial charge in [0.2, 0.25) is 5.91 Å². The summed E-state index contributed by atoms with van der Waals surface area (Å²) < 4.78 is 4.67. The fourth-order valence-corrected chi connectivity index (χ4v) is 2.77. The lowest BCUT2D eigenvalue weighted by Crippen LogP contribution is -2.28. The molecule has 0 saturated heterocycles. The molecule has 16 heavy (non-hydrogen) atoms. The smallest absolute Gasteiger partial charge is 0.306 e. The molecule has 0 bridgehead atoms. The molecule has 1 unspecified atom stereocenters. The predicted molar refractivity (Wildman–Crippen MR) is 64.3 cm³/mol. The topological polar surface area (TPSA) is 55.4 Å². The second-order valence-corrected chi connectivity index (χ2v) is 5.65. The largest absolute Gasteiger partial charge is 0.469 e. The van der Waals surface area contributed by atoms with Gasteiger partial charge in [-0.2, -0.15) is 0 Å². The summed E-state index contributed by atoms with van der Waals surface area (Å²) in [7, 11) is 3.06. The number of hydrogen-bond acceptors (Lipinski definition) is 4. The van der Waals surface area contributed by atoms with Crippen molar-refractivity contribution in [3.63, 3.8) is 0 Å². The van der Waals surface area contributed by atoms with Gasteiger partial charge in [0.1, 0.15) is 0 Å². The first-order valence-electron chi connectivity index (χ1n) is 5.43. The first-order chi connectivity index (χ1) is 7.53. The number of carbonyl (C=O) groups is 2. The van der Waals surface area contributed by atoms with E-state index in [1.807, 2.05) is 6.92 Å². The van der Waals surface area contributed by atoms with E-state index in [0.29, 0.717) is 6.42 Å². The van der Waals surface area contributed by atoms with Gasteiger partial charge in [-0.15, -0.1) is 11.8 Å². The van der Waals surface area contributed by atoms with Gasteiger partial charge in [0.15, 0.2) is 0 Å². The zero-order chi connectivity index (χ0) is 12.2. The van der Waals surface area contributed by atoms with E-state index in [1.54, 1.807) is 18.8 Å². The highest BCUT2D eigenvalue weighted by Gasteiger charge is 2.44. The van der Waals surface area contributed by atoms with Gasteiger partial charge >= 0.3 is 5.97 Å². The van der Waals surface area contributed by atoms with E-state index < -0.39 is 0 Å². The molecule has 0 heterocycles. The molecule has 4 nitrogen and oxygen atoms in total. The Labute approximate surface area is 100 Å². The van der Waals surface area contributed by atoms with Gasteiger partial charge in [0.25, 0.3) is 0 Å². The molecule has 1 aliphatic carbocycles. The SMILES string of the molecule is CNC(=O)C(C)SCC1(CC(=O)OC)CC1. The van der Waals surface area contributed by atoms with Crippen LogP contribution in [-0.2, 0) is 14.3 Å². The maximum Gasteiger partial charge on any atom is 0.306 e. The van der Waals surface area contributed by atoms with E-state index in [2.05, 4.69) is 10.1 Å². The van der Waals surface area contributed by atoms with Crippen LogP contribution in [0.3, 0.4) is 0 Å². The normalized spacial score (nSPS) is 18.7. The molecule has 1 aliphatic rings. The highest BCUT2D eigenvalue weighted by Crippen LogP contribution is 2.51. The van der Waals surface area contributed by atoms with E-state index in [4.69, 9.17) is 0 Å². The average molecular weight is 245 g/mol. The van der Waals surface area contributed by atoms with Gasteiger partial charge in [-0.3, -0.25) is 9.59 Å². The molecule has 92 valence electrons. The summed E-state index contributed by atoms with van der Waals surface area (Å²) in [6.07, 6.45) is 2.61. The number of ether oxygens (including phenoxy) is 1. The zero-order valence-corrected chi connectivity index (χ0v) is 10.9. The Morgan fingerprint density at radius 1 is 1.50 bits per heavy atom. The summed E-state index contributed by atoms with van der Waals surface area (Å²) in [5.41, 5.74) is 0.0973. The van der Waals surface area contributed by atoms with Gasteiger partial charge in [-0.05, 0) is 25.2 Å². The van der Waals surface area contributed by atoms with Gasteiger partial charge in [-0.25, -0.2) is 0 Å². The van der Waals surface area contributed by atoms with Crippen LogP contribution in [0.5, 0.6) is 0 Å². The molecule has 0 aliphatic heterocycles. The Morgan fingerprint density at radius 3 is 2.56 bits per heavy atom. The predicted octanol–water partition coefficient (Wildman–Crippen LogP) is 1.20. The molecule has 5 heteroatoms. The molecule has 1 saturated carbocycles. The molecule has 1 atom stereocenters. The Hall–Kier alpha value is -0.710. The minimum absolute atomic E-state index is 0.0406. The Bertz CT molecular complexity index is 276. The Kier molecular flexibility index (Phi) is 4.65. The summed E-state index contributed by atoms with van der Waals surface area (Å²) in [5.74, 6) is 0.751. The highest BCUT2D eigenvalue weighted by molar-refractivity contribution is 8.00. The van der Waals surface area contributed by atoms with Crippen LogP contribution < -0.4 is 5.32 Å². The van der Waals surface area contributed by atoms with Crippen LogP contribution in [0.1, 0.15) is 26.2 Å². The Morgan fingerprint density at radius 2 is 2.12 bits per heavy atom. The van der Waals surface area contributed by atoms with Crippen LogP contribution in [-0.4, -0.2) is 37.0 Å². The van der Waals surface area contributed by atoms with E-state index in [1.165, 1.54) is 7.11 Å². The summed E-state index contributed by atoms with van der Waals surface area (Å²) in [6.45, 7) is 1.89. The standard InChI is InChI=1S/C11H19NO3S/c1-8(10(14)12-2)16-7-11(4-5-11)6-9(13)15-3/h8H,4-7H2,1-3H3,(H,12,14). The third-order valence-corrected chi connectivity index (χ3v) is 4.45. The van der Waals surface area contributed by atoms with Crippen LogP contribution >= 0.6 is 11.8 Å². The Balaban J connectivity index is 2.32. The minimum Gasteiger partial charge on any atom is -0.469 e. The van der Waals surface area contributed by atoms with Crippen molar-refractivity contribution in [3.8, 4) is 0 Å². The van der Waals surface area contributed by atoms with Gasteiger partial charge < -0.3 is 10.1 Å². The second kappa shape index (κ2) is 5.57. The van der Waals surface area contributed by atoms with Crippen molar-refractivity contribution in [1.82, 2.24) is 5.32 Å². The van der Waals surface area contributed by atoms with Gasteiger partial charge in [0, 0.05) is 12.8 Å².